The second-order valence-corrected chi connectivity index (χ2v) is 4.22. The molecule has 0 aliphatic heterocycles. The highest BCUT2D eigenvalue weighted by atomic mass is 16.5. The van der Waals surface area contributed by atoms with Crippen molar-refractivity contribution in [2.75, 3.05) is 6.54 Å². The molecule has 0 bridgehead atoms. The number of furan rings is 1. The van der Waals surface area contributed by atoms with Crippen LogP contribution in [0.2, 0.25) is 0 Å². The topological polar surface area (TPSA) is 34.4 Å². The largest absolute Gasteiger partial charge is 0.486 e. The molecular formula is C15H19NO2. The zero-order valence-corrected chi connectivity index (χ0v) is 10.8. The van der Waals surface area contributed by atoms with Crippen molar-refractivity contribution in [2.45, 2.75) is 26.5 Å². The predicted octanol–water partition coefficient (Wildman–Crippen LogP) is 3.53. The number of ether oxygens (including phenoxy) is 1. The summed E-state index contributed by atoms with van der Waals surface area (Å²) in [5.74, 6) is 1.69. The Hall–Kier alpha value is -1.74. The van der Waals surface area contributed by atoms with Gasteiger partial charge in [0, 0.05) is 6.04 Å². The predicted molar refractivity (Wildman–Crippen MR) is 71.6 cm³/mol. The van der Waals surface area contributed by atoms with Crippen LogP contribution in [-0.4, -0.2) is 6.54 Å². The number of benzene rings is 1. The Bertz CT molecular complexity index is 448. The molecule has 0 amide bonds. The SMILES string of the molecule is CCNC(C)c1ccc(OCc2ccco2)cc1. The van der Waals surface area contributed by atoms with Crippen molar-refractivity contribution in [2.24, 2.45) is 0 Å². The van der Waals surface area contributed by atoms with Crippen molar-refractivity contribution in [3.63, 3.8) is 0 Å². The minimum Gasteiger partial charge on any atom is -0.486 e. The van der Waals surface area contributed by atoms with Crippen LogP contribution in [0.4, 0.5) is 0 Å². The molecule has 1 N–H and O–H groups in total. The van der Waals surface area contributed by atoms with Gasteiger partial charge in [0.05, 0.1) is 6.26 Å². The molecule has 0 aliphatic carbocycles. The molecule has 2 rings (SSSR count). The summed E-state index contributed by atoms with van der Waals surface area (Å²) in [5, 5.41) is 3.38. The van der Waals surface area contributed by atoms with Crippen molar-refractivity contribution in [3.8, 4) is 5.75 Å². The maximum Gasteiger partial charge on any atom is 0.146 e. The van der Waals surface area contributed by atoms with Gasteiger partial charge in [-0.15, -0.1) is 0 Å². The molecule has 96 valence electrons. The first kappa shape index (κ1) is 12.7. The fourth-order valence-electron chi connectivity index (χ4n) is 1.83. The van der Waals surface area contributed by atoms with Crippen LogP contribution in [0.25, 0.3) is 0 Å². The number of hydrogen-bond donors (Lipinski definition) is 1. The van der Waals surface area contributed by atoms with Crippen LogP contribution in [0.5, 0.6) is 5.75 Å². The summed E-state index contributed by atoms with van der Waals surface area (Å²) in [6.07, 6.45) is 1.65. The van der Waals surface area contributed by atoms with E-state index in [-0.39, 0.29) is 0 Å². The standard InChI is InChI=1S/C15H19NO2/c1-3-16-12(2)13-6-8-14(9-7-13)18-11-15-5-4-10-17-15/h4-10,12,16H,3,11H2,1-2H3. The van der Waals surface area contributed by atoms with Gasteiger partial charge in [-0.05, 0) is 43.3 Å². The van der Waals surface area contributed by atoms with Crippen molar-refractivity contribution >= 4 is 0 Å². The van der Waals surface area contributed by atoms with Gasteiger partial charge in [-0.25, -0.2) is 0 Å². The van der Waals surface area contributed by atoms with E-state index < -0.39 is 0 Å². The molecule has 0 saturated carbocycles. The second-order valence-electron chi connectivity index (χ2n) is 4.22. The van der Waals surface area contributed by atoms with Gasteiger partial charge in [0.2, 0.25) is 0 Å². The first-order chi connectivity index (χ1) is 8.79. The molecule has 1 heterocycles. The molecule has 0 saturated heterocycles. The lowest BCUT2D eigenvalue weighted by Gasteiger charge is -2.13. The van der Waals surface area contributed by atoms with Gasteiger partial charge < -0.3 is 14.5 Å². The lowest BCUT2D eigenvalue weighted by Crippen LogP contribution is -2.17. The van der Waals surface area contributed by atoms with E-state index in [0.29, 0.717) is 12.6 Å². The van der Waals surface area contributed by atoms with Gasteiger partial charge in [-0.1, -0.05) is 19.1 Å². The highest BCUT2D eigenvalue weighted by Gasteiger charge is 2.04. The molecule has 1 atom stereocenters. The minimum atomic E-state index is 0.370. The third-order valence-corrected chi connectivity index (χ3v) is 2.85. The summed E-state index contributed by atoms with van der Waals surface area (Å²) in [6.45, 7) is 5.70. The van der Waals surface area contributed by atoms with E-state index in [2.05, 4.69) is 31.3 Å². The number of rotatable bonds is 6. The Morgan fingerprint density at radius 3 is 2.61 bits per heavy atom. The van der Waals surface area contributed by atoms with E-state index in [1.807, 2.05) is 24.3 Å². The van der Waals surface area contributed by atoms with Crippen LogP contribution < -0.4 is 10.1 Å². The molecule has 3 heteroatoms. The fourth-order valence-corrected chi connectivity index (χ4v) is 1.83. The summed E-state index contributed by atoms with van der Waals surface area (Å²) in [5.41, 5.74) is 1.27. The molecule has 1 unspecified atom stereocenters. The summed E-state index contributed by atoms with van der Waals surface area (Å²) >= 11 is 0. The maximum absolute atomic E-state index is 5.63. The molecule has 0 radical (unpaired) electrons. The van der Waals surface area contributed by atoms with E-state index in [9.17, 15) is 0 Å². The van der Waals surface area contributed by atoms with Crippen LogP contribution in [-0.2, 0) is 6.61 Å². The molecule has 0 spiro atoms. The summed E-state index contributed by atoms with van der Waals surface area (Å²) < 4.78 is 10.8. The van der Waals surface area contributed by atoms with Crippen molar-refractivity contribution in [1.29, 1.82) is 0 Å². The molecule has 3 nitrogen and oxygen atoms in total. The van der Waals surface area contributed by atoms with Crippen molar-refractivity contribution in [1.82, 2.24) is 5.32 Å². The second kappa shape index (κ2) is 6.26. The molecule has 2 aromatic rings. The van der Waals surface area contributed by atoms with Crippen LogP contribution in [0.1, 0.15) is 31.2 Å². The molecule has 0 fully saturated rings. The van der Waals surface area contributed by atoms with Gasteiger partial charge in [-0.2, -0.15) is 0 Å². The van der Waals surface area contributed by atoms with Crippen molar-refractivity contribution in [3.05, 3.63) is 54.0 Å². The van der Waals surface area contributed by atoms with Gasteiger partial charge in [-0.3, -0.25) is 0 Å². The van der Waals surface area contributed by atoms with Crippen molar-refractivity contribution < 1.29 is 9.15 Å². The van der Waals surface area contributed by atoms with Crippen LogP contribution in [0, 0.1) is 0 Å². The Morgan fingerprint density at radius 2 is 2.00 bits per heavy atom. The minimum absolute atomic E-state index is 0.370. The molecule has 1 aromatic carbocycles. The lowest BCUT2D eigenvalue weighted by molar-refractivity contribution is 0.270. The Morgan fingerprint density at radius 1 is 1.22 bits per heavy atom. The van der Waals surface area contributed by atoms with Gasteiger partial charge in [0.1, 0.15) is 18.1 Å². The van der Waals surface area contributed by atoms with Crippen LogP contribution in [0.3, 0.4) is 0 Å². The van der Waals surface area contributed by atoms with E-state index >= 15 is 0 Å². The number of hydrogen-bond acceptors (Lipinski definition) is 3. The molecular weight excluding hydrogens is 226 g/mol. The zero-order valence-electron chi connectivity index (χ0n) is 10.8. The van der Waals surface area contributed by atoms with Gasteiger partial charge >= 0.3 is 0 Å². The molecule has 1 aromatic heterocycles. The average Bonchev–Trinajstić information content (AvgIpc) is 2.90. The highest BCUT2D eigenvalue weighted by Crippen LogP contribution is 2.18. The van der Waals surface area contributed by atoms with E-state index in [1.54, 1.807) is 6.26 Å². The van der Waals surface area contributed by atoms with Gasteiger partial charge in [0.25, 0.3) is 0 Å². The van der Waals surface area contributed by atoms with Crippen LogP contribution >= 0.6 is 0 Å². The third-order valence-electron chi connectivity index (χ3n) is 2.85. The molecule has 0 aliphatic rings. The zero-order chi connectivity index (χ0) is 12.8. The fraction of sp³-hybridized carbons (Fsp3) is 0.333. The van der Waals surface area contributed by atoms with Crippen LogP contribution in [0.15, 0.2) is 47.1 Å². The molecule has 18 heavy (non-hydrogen) atoms. The quantitative estimate of drug-likeness (QED) is 0.845. The monoisotopic (exact) mass is 245 g/mol. The number of nitrogens with one attached hydrogen (secondary N) is 1. The first-order valence-corrected chi connectivity index (χ1v) is 6.28. The summed E-state index contributed by atoms with van der Waals surface area (Å²) in [7, 11) is 0. The maximum atomic E-state index is 5.63. The highest BCUT2D eigenvalue weighted by molar-refractivity contribution is 5.29. The Balaban J connectivity index is 1.91. The smallest absolute Gasteiger partial charge is 0.146 e. The normalized spacial score (nSPS) is 12.3. The van der Waals surface area contributed by atoms with E-state index in [1.165, 1.54) is 5.56 Å². The van der Waals surface area contributed by atoms with E-state index in [0.717, 1.165) is 18.1 Å². The average molecular weight is 245 g/mol. The Kier molecular flexibility index (Phi) is 4.42. The Labute approximate surface area is 108 Å². The lowest BCUT2D eigenvalue weighted by atomic mass is 10.1. The van der Waals surface area contributed by atoms with Gasteiger partial charge in [0.15, 0.2) is 0 Å². The first-order valence-electron chi connectivity index (χ1n) is 6.28. The summed E-state index contributed by atoms with van der Waals surface area (Å²) in [6, 6.07) is 12.3. The van der Waals surface area contributed by atoms with E-state index in [4.69, 9.17) is 9.15 Å². The third kappa shape index (κ3) is 3.37. The summed E-state index contributed by atoms with van der Waals surface area (Å²) in [4.78, 5) is 0.